The third-order valence-corrected chi connectivity index (χ3v) is 4.71. The normalized spacial score (nSPS) is 26.1. The zero-order chi connectivity index (χ0) is 13.3. The van der Waals surface area contributed by atoms with Crippen LogP contribution in [0.1, 0.15) is 13.8 Å². The highest BCUT2D eigenvalue weighted by Gasteiger charge is 2.32. The molecule has 5 nitrogen and oxygen atoms in total. The topological polar surface area (TPSA) is 72.6 Å². The molecule has 1 saturated heterocycles. The Morgan fingerprint density at radius 1 is 1.28 bits per heavy atom. The van der Waals surface area contributed by atoms with E-state index in [2.05, 4.69) is 0 Å². The standard InChI is InChI=1S/C12H18N2O3S/c1-9-7-14(8-10(2)17-9)18(15,16)12-5-3-4-11(13)6-12/h3-6,9-10H,7-8,13H2,1-2H3. The van der Waals surface area contributed by atoms with Gasteiger partial charge in [0.2, 0.25) is 10.0 Å². The van der Waals surface area contributed by atoms with Crippen LogP contribution in [0.4, 0.5) is 5.69 Å². The number of ether oxygens (including phenoxy) is 1. The van der Waals surface area contributed by atoms with E-state index in [4.69, 9.17) is 10.5 Å². The number of nitrogens with zero attached hydrogens (tertiary/aromatic N) is 1. The Balaban J connectivity index is 2.31. The molecule has 1 aliphatic rings. The number of morpholine rings is 1. The molecule has 0 aromatic heterocycles. The number of hydrogen-bond acceptors (Lipinski definition) is 4. The predicted octanol–water partition coefficient (Wildman–Crippen LogP) is 1.07. The van der Waals surface area contributed by atoms with Gasteiger partial charge in [0.25, 0.3) is 0 Å². The highest BCUT2D eigenvalue weighted by molar-refractivity contribution is 7.89. The molecular weight excluding hydrogens is 252 g/mol. The molecule has 1 aromatic rings. The van der Waals surface area contributed by atoms with Crippen molar-refractivity contribution in [3.8, 4) is 0 Å². The molecule has 6 heteroatoms. The Kier molecular flexibility index (Phi) is 3.61. The minimum absolute atomic E-state index is 0.0930. The van der Waals surface area contributed by atoms with Crippen LogP contribution < -0.4 is 5.73 Å². The first kappa shape index (κ1) is 13.3. The average molecular weight is 270 g/mol. The van der Waals surface area contributed by atoms with Crippen molar-refractivity contribution in [2.75, 3.05) is 18.8 Å². The van der Waals surface area contributed by atoms with E-state index in [0.717, 1.165) is 0 Å². The van der Waals surface area contributed by atoms with Gasteiger partial charge in [-0.15, -0.1) is 0 Å². The molecule has 0 bridgehead atoms. The predicted molar refractivity (Wildman–Crippen MR) is 69.6 cm³/mol. The summed E-state index contributed by atoms with van der Waals surface area (Å²) in [6.45, 7) is 4.50. The van der Waals surface area contributed by atoms with Gasteiger partial charge < -0.3 is 10.5 Å². The van der Waals surface area contributed by atoms with Crippen LogP contribution in [-0.4, -0.2) is 38.0 Å². The van der Waals surface area contributed by atoms with Crippen LogP contribution in [0, 0.1) is 0 Å². The van der Waals surface area contributed by atoms with E-state index in [0.29, 0.717) is 18.8 Å². The SMILES string of the molecule is CC1CN(S(=O)(=O)c2cccc(N)c2)CC(C)O1. The number of nitrogen functional groups attached to an aromatic ring is 1. The lowest BCUT2D eigenvalue weighted by Gasteiger charge is -2.34. The Hall–Kier alpha value is -1.11. The Morgan fingerprint density at radius 3 is 2.44 bits per heavy atom. The van der Waals surface area contributed by atoms with Gasteiger partial charge in [-0.3, -0.25) is 0 Å². The highest BCUT2D eigenvalue weighted by atomic mass is 32.2. The number of rotatable bonds is 2. The molecule has 18 heavy (non-hydrogen) atoms. The van der Waals surface area contributed by atoms with Crippen LogP contribution in [0.2, 0.25) is 0 Å². The molecule has 1 heterocycles. The average Bonchev–Trinajstić information content (AvgIpc) is 2.27. The Bertz CT molecular complexity index is 520. The van der Waals surface area contributed by atoms with Gasteiger partial charge in [-0.25, -0.2) is 8.42 Å². The molecule has 0 amide bonds. The van der Waals surface area contributed by atoms with E-state index in [1.165, 1.54) is 10.4 Å². The Morgan fingerprint density at radius 2 is 1.89 bits per heavy atom. The van der Waals surface area contributed by atoms with Crippen molar-refractivity contribution in [1.29, 1.82) is 0 Å². The number of anilines is 1. The lowest BCUT2D eigenvalue weighted by Crippen LogP contribution is -2.48. The number of sulfonamides is 1. The fourth-order valence-electron chi connectivity index (χ4n) is 2.15. The molecule has 0 aliphatic carbocycles. The van der Waals surface area contributed by atoms with Gasteiger partial charge >= 0.3 is 0 Å². The maximum Gasteiger partial charge on any atom is 0.243 e. The first-order valence-electron chi connectivity index (χ1n) is 5.91. The minimum Gasteiger partial charge on any atom is -0.399 e. The quantitative estimate of drug-likeness (QED) is 0.816. The minimum atomic E-state index is -3.48. The fraction of sp³-hybridized carbons (Fsp3) is 0.500. The molecule has 1 aliphatic heterocycles. The first-order chi connectivity index (χ1) is 8.39. The van der Waals surface area contributed by atoms with Crippen molar-refractivity contribution in [3.63, 3.8) is 0 Å². The van der Waals surface area contributed by atoms with Gasteiger partial charge in [-0.2, -0.15) is 4.31 Å². The van der Waals surface area contributed by atoms with Crippen LogP contribution in [0.15, 0.2) is 29.2 Å². The summed E-state index contributed by atoms with van der Waals surface area (Å²) in [6.07, 6.45) is -0.186. The molecule has 2 N–H and O–H groups in total. The molecule has 2 rings (SSSR count). The molecule has 0 saturated carbocycles. The zero-order valence-electron chi connectivity index (χ0n) is 10.5. The summed E-state index contributed by atoms with van der Waals surface area (Å²) in [5, 5.41) is 0. The maximum atomic E-state index is 12.4. The second-order valence-electron chi connectivity index (χ2n) is 4.65. The van der Waals surface area contributed by atoms with Gasteiger partial charge in [-0.05, 0) is 32.0 Å². The van der Waals surface area contributed by atoms with Gasteiger partial charge in [-0.1, -0.05) is 6.07 Å². The summed E-state index contributed by atoms with van der Waals surface area (Å²) in [4.78, 5) is 0.240. The zero-order valence-corrected chi connectivity index (χ0v) is 11.4. The van der Waals surface area contributed by atoms with Gasteiger partial charge in [0.1, 0.15) is 0 Å². The van der Waals surface area contributed by atoms with Crippen LogP contribution >= 0.6 is 0 Å². The van der Waals surface area contributed by atoms with Crippen molar-refractivity contribution in [2.45, 2.75) is 31.0 Å². The van der Waals surface area contributed by atoms with Crippen LogP contribution in [-0.2, 0) is 14.8 Å². The van der Waals surface area contributed by atoms with Crippen molar-refractivity contribution < 1.29 is 13.2 Å². The number of nitrogens with two attached hydrogens (primary N) is 1. The molecule has 2 atom stereocenters. The highest BCUT2D eigenvalue weighted by Crippen LogP contribution is 2.22. The van der Waals surface area contributed by atoms with Crippen LogP contribution in [0.3, 0.4) is 0 Å². The lowest BCUT2D eigenvalue weighted by molar-refractivity contribution is -0.0440. The van der Waals surface area contributed by atoms with Crippen molar-refractivity contribution >= 4 is 15.7 Å². The third-order valence-electron chi connectivity index (χ3n) is 2.88. The molecule has 2 unspecified atom stereocenters. The van der Waals surface area contributed by atoms with Gasteiger partial charge in [0.05, 0.1) is 17.1 Å². The third kappa shape index (κ3) is 2.66. The van der Waals surface area contributed by atoms with E-state index in [1.54, 1.807) is 18.2 Å². The summed E-state index contributed by atoms with van der Waals surface area (Å²) in [7, 11) is -3.48. The Labute approximate surface area is 108 Å². The first-order valence-corrected chi connectivity index (χ1v) is 7.35. The van der Waals surface area contributed by atoms with Crippen LogP contribution in [0.5, 0.6) is 0 Å². The van der Waals surface area contributed by atoms with Crippen molar-refractivity contribution in [3.05, 3.63) is 24.3 Å². The summed E-state index contributed by atoms with van der Waals surface area (Å²) in [5.41, 5.74) is 6.08. The molecular formula is C12H18N2O3S. The van der Waals surface area contributed by atoms with E-state index in [-0.39, 0.29) is 17.1 Å². The van der Waals surface area contributed by atoms with Crippen LogP contribution in [0.25, 0.3) is 0 Å². The largest absolute Gasteiger partial charge is 0.399 e. The smallest absolute Gasteiger partial charge is 0.243 e. The summed E-state index contributed by atoms with van der Waals surface area (Å²) in [6, 6.07) is 6.37. The maximum absolute atomic E-state index is 12.4. The van der Waals surface area contributed by atoms with Gasteiger partial charge in [0, 0.05) is 18.8 Å². The summed E-state index contributed by atoms with van der Waals surface area (Å²) >= 11 is 0. The molecule has 0 spiro atoms. The lowest BCUT2D eigenvalue weighted by atomic mass is 10.3. The van der Waals surface area contributed by atoms with E-state index < -0.39 is 10.0 Å². The second kappa shape index (κ2) is 4.87. The number of hydrogen-bond donors (Lipinski definition) is 1. The monoisotopic (exact) mass is 270 g/mol. The second-order valence-corrected chi connectivity index (χ2v) is 6.59. The molecule has 1 aromatic carbocycles. The van der Waals surface area contributed by atoms with Gasteiger partial charge in [0.15, 0.2) is 0 Å². The molecule has 0 radical (unpaired) electrons. The van der Waals surface area contributed by atoms with E-state index >= 15 is 0 Å². The van der Waals surface area contributed by atoms with E-state index in [9.17, 15) is 8.42 Å². The molecule has 100 valence electrons. The molecule has 1 fully saturated rings. The number of benzene rings is 1. The van der Waals surface area contributed by atoms with E-state index in [1.807, 2.05) is 13.8 Å². The summed E-state index contributed by atoms with van der Waals surface area (Å²) in [5.74, 6) is 0. The fourth-order valence-corrected chi connectivity index (χ4v) is 3.80. The van der Waals surface area contributed by atoms with Crippen molar-refractivity contribution in [2.24, 2.45) is 0 Å². The van der Waals surface area contributed by atoms with Crippen molar-refractivity contribution in [1.82, 2.24) is 4.31 Å². The summed E-state index contributed by atoms with van der Waals surface area (Å²) < 4.78 is 31.9.